The third-order valence-electron chi connectivity index (χ3n) is 4.15. The van der Waals surface area contributed by atoms with Crippen LogP contribution in [-0.4, -0.2) is 57.6 Å². The molecule has 4 nitrogen and oxygen atoms in total. The van der Waals surface area contributed by atoms with E-state index in [2.05, 4.69) is 0 Å². The molecule has 0 spiro atoms. The van der Waals surface area contributed by atoms with E-state index in [0.717, 1.165) is 0 Å². The normalized spacial score (nSPS) is 47.2. The minimum absolute atomic E-state index is 0.00222. The van der Waals surface area contributed by atoms with Crippen LogP contribution in [0.15, 0.2) is 0 Å². The van der Waals surface area contributed by atoms with Crippen molar-refractivity contribution in [2.75, 3.05) is 14.2 Å². The van der Waals surface area contributed by atoms with E-state index in [0.29, 0.717) is 0 Å². The molecule has 0 aromatic heterocycles. The number of fused-ring (bicyclic) bond motifs is 2. The Bertz CT molecular complexity index is 283. The van der Waals surface area contributed by atoms with Crippen molar-refractivity contribution in [2.24, 2.45) is 0 Å². The molecule has 0 aromatic rings. The quantitative estimate of drug-likeness (QED) is 0.634. The summed E-state index contributed by atoms with van der Waals surface area (Å²) in [7, 11) is 5.43. The van der Waals surface area contributed by atoms with Crippen molar-refractivity contribution in [2.45, 2.75) is 56.3 Å². The van der Waals surface area contributed by atoms with Gasteiger partial charge in [-0.15, -0.1) is 0 Å². The lowest BCUT2D eigenvalue weighted by atomic mass is 9.79. The van der Waals surface area contributed by atoms with Crippen LogP contribution in [0.25, 0.3) is 0 Å². The van der Waals surface area contributed by atoms with Gasteiger partial charge in [-0.05, 0) is 20.8 Å². The highest BCUT2D eigenvalue weighted by Crippen LogP contribution is 2.53. The Labute approximate surface area is 98.0 Å². The van der Waals surface area contributed by atoms with Crippen molar-refractivity contribution in [3.8, 4) is 0 Å². The van der Waals surface area contributed by atoms with E-state index >= 15 is 0 Å². The summed E-state index contributed by atoms with van der Waals surface area (Å²) >= 11 is 0. The molecule has 0 radical (unpaired) electrons. The van der Waals surface area contributed by atoms with Crippen LogP contribution in [0.4, 0.5) is 0 Å². The highest BCUT2D eigenvalue weighted by Gasteiger charge is 2.71. The average Bonchev–Trinajstić information content (AvgIpc) is 2.62. The predicted octanol–water partition coefficient (Wildman–Crippen LogP) is -0.0581. The zero-order chi connectivity index (χ0) is 12.1. The second kappa shape index (κ2) is 3.70. The summed E-state index contributed by atoms with van der Waals surface area (Å²) in [4.78, 5) is 0. The lowest BCUT2D eigenvalue weighted by molar-refractivity contribution is -0.244. The predicted molar refractivity (Wildman–Crippen MR) is 62.4 cm³/mol. The van der Waals surface area contributed by atoms with Gasteiger partial charge in [-0.25, -0.2) is 0 Å². The van der Waals surface area contributed by atoms with Crippen LogP contribution in [0, 0.1) is 0 Å². The summed E-state index contributed by atoms with van der Waals surface area (Å²) in [6, 6.07) is 0.0515. The first-order chi connectivity index (χ1) is 7.40. The fourth-order valence-electron chi connectivity index (χ4n) is 3.31. The molecule has 0 aromatic carbocycles. The minimum atomic E-state index is -0.513. The van der Waals surface area contributed by atoms with Crippen LogP contribution in [0.3, 0.4) is 0 Å². The van der Waals surface area contributed by atoms with E-state index in [-0.39, 0.29) is 29.9 Å². The molecule has 16 heavy (non-hydrogen) atoms. The minimum Gasteiger partial charge on any atom is -0.379 e. The highest BCUT2D eigenvalue weighted by molar-refractivity contribution is 6.11. The maximum absolute atomic E-state index is 6.14. The van der Waals surface area contributed by atoms with Crippen molar-refractivity contribution >= 4 is 7.85 Å². The first-order valence-corrected chi connectivity index (χ1v) is 5.82. The second-order valence-electron chi connectivity index (χ2n) is 5.24. The molecule has 0 saturated carbocycles. The van der Waals surface area contributed by atoms with Gasteiger partial charge in [0.2, 0.25) is 0 Å². The Morgan fingerprint density at radius 1 is 1.25 bits per heavy atom. The van der Waals surface area contributed by atoms with Gasteiger partial charge in [-0.3, -0.25) is 0 Å². The lowest BCUT2D eigenvalue weighted by Crippen LogP contribution is -2.62. The molecule has 2 aliphatic rings. The molecule has 5 heteroatoms. The van der Waals surface area contributed by atoms with Crippen LogP contribution < -0.4 is 0 Å². The largest absolute Gasteiger partial charge is 0.379 e. The van der Waals surface area contributed by atoms with Gasteiger partial charge in [0.25, 0.3) is 0 Å². The van der Waals surface area contributed by atoms with E-state index < -0.39 is 5.60 Å². The van der Waals surface area contributed by atoms with Gasteiger partial charge in [-0.2, -0.15) is 0 Å². The van der Waals surface area contributed by atoms with Crippen LogP contribution >= 0.6 is 0 Å². The van der Waals surface area contributed by atoms with Gasteiger partial charge in [-0.1, -0.05) is 0 Å². The number of hydrogen-bond acceptors (Lipinski definition) is 4. The summed E-state index contributed by atoms with van der Waals surface area (Å²) in [6.07, 6.45) is -0.132. The number of methoxy groups -OCH3 is 2. The summed E-state index contributed by atoms with van der Waals surface area (Å²) in [5, 5.41) is 0. The molecule has 92 valence electrons. The maximum atomic E-state index is 6.14. The molecular formula is C11H21BO4. The highest BCUT2D eigenvalue weighted by atomic mass is 16.7. The Hall–Kier alpha value is -0.0951. The van der Waals surface area contributed by atoms with Gasteiger partial charge in [0.05, 0.1) is 17.7 Å². The third kappa shape index (κ3) is 1.26. The van der Waals surface area contributed by atoms with Crippen molar-refractivity contribution in [3.05, 3.63) is 0 Å². The molecule has 3 unspecified atom stereocenters. The third-order valence-corrected chi connectivity index (χ3v) is 4.15. The van der Waals surface area contributed by atoms with Crippen LogP contribution in [0.1, 0.15) is 20.8 Å². The van der Waals surface area contributed by atoms with E-state index in [1.54, 1.807) is 14.2 Å². The smallest absolute Gasteiger partial charge is 0.150 e. The first-order valence-electron chi connectivity index (χ1n) is 5.82. The summed E-state index contributed by atoms with van der Waals surface area (Å²) in [5.74, 6) is 0. The van der Waals surface area contributed by atoms with Gasteiger partial charge in [0, 0.05) is 14.2 Å². The fourth-order valence-corrected chi connectivity index (χ4v) is 3.31. The Kier molecular flexibility index (Phi) is 2.86. The van der Waals surface area contributed by atoms with Crippen molar-refractivity contribution < 1.29 is 18.9 Å². The van der Waals surface area contributed by atoms with Crippen LogP contribution in [-0.2, 0) is 18.9 Å². The molecule has 2 saturated heterocycles. The molecule has 2 aliphatic heterocycles. The monoisotopic (exact) mass is 228 g/mol. The molecule has 2 rings (SSSR count). The molecular weight excluding hydrogens is 207 g/mol. The van der Waals surface area contributed by atoms with E-state index in [9.17, 15) is 0 Å². The Balaban J connectivity index is 2.43. The maximum Gasteiger partial charge on any atom is 0.150 e. The Morgan fingerprint density at radius 2 is 1.88 bits per heavy atom. The number of rotatable bonds is 3. The summed E-state index contributed by atoms with van der Waals surface area (Å²) in [5.41, 5.74) is -0.902. The molecule has 0 amide bonds. The fraction of sp³-hybridized carbons (Fsp3) is 1.00. The van der Waals surface area contributed by atoms with Crippen LogP contribution in [0.2, 0.25) is 0 Å². The summed E-state index contributed by atoms with van der Waals surface area (Å²) in [6.45, 7) is 6.10. The van der Waals surface area contributed by atoms with Crippen molar-refractivity contribution in [1.29, 1.82) is 0 Å². The number of hydrogen-bond donors (Lipinski definition) is 0. The van der Waals surface area contributed by atoms with E-state index in [1.807, 2.05) is 28.6 Å². The van der Waals surface area contributed by atoms with E-state index in [1.165, 1.54) is 0 Å². The molecule has 2 heterocycles. The molecule has 2 bridgehead atoms. The zero-order valence-electron chi connectivity index (χ0n) is 10.9. The topological polar surface area (TPSA) is 36.9 Å². The molecule has 5 atom stereocenters. The Morgan fingerprint density at radius 3 is 2.38 bits per heavy atom. The van der Waals surface area contributed by atoms with Gasteiger partial charge >= 0.3 is 0 Å². The number of ether oxygens (including phenoxy) is 4. The van der Waals surface area contributed by atoms with Crippen LogP contribution in [0.5, 0.6) is 0 Å². The van der Waals surface area contributed by atoms with Gasteiger partial charge < -0.3 is 18.9 Å². The first kappa shape index (κ1) is 12.4. The summed E-state index contributed by atoms with van der Waals surface area (Å²) < 4.78 is 23.3. The average molecular weight is 228 g/mol. The van der Waals surface area contributed by atoms with Crippen molar-refractivity contribution in [1.82, 2.24) is 0 Å². The lowest BCUT2D eigenvalue weighted by Gasteiger charge is -2.46. The van der Waals surface area contributed by atoms with Crippen molar-refractivity contribution in [3.63, 3.8) is 0 Å². The van der Waals surface area contributed by atoms with E-state index in [4.69, 9.17) is 18.9 Å². The second-order valence-corrected chi connectivity index (χ2v) is 5.24. The van der Waals surface area contributed by atoms with Gasteiger partial charge in [0.1, 0.15) is 20.1 Å². The standard InChI is InChI=1S/C11H21BO4/c1-6(13-4)11-8(14-5)7(9(12)16-11)15-10(11,2)3/h6-9H,12H2,1-5H3/t6?,7?,8?,9-,11-/m1/s1. The molecule has 0 N–H and O–H groups in total. The SMILES string of the molecule is B[C@@H]1O[C@]2(C(C)OC)C(OC)C1OC2(C)C. The van der Waals surface area contributed by atoms with Gasteiger partial charge in [0.15, 0.2) is 5.60 Å². The molecule has 2 fully saturated rings. The molecule has 0 aliphatic carbocycles. The zero-order valence-corrected chi connectivity index (χ0v) is 10.9.